The Morgan fingerprint density at radius 1 is 1.54 bits per heavy atom. The van der Waals surface area contributed by atoms with Crippen LogP contribution in [0.15, 0.2) is 62.0 Å². The molecule has 2 rings (SSSR count). The normalized spacial score (nSPS) is 11.8. The van der Waals surface area contributed by atoms with Crippen LogP contribution in [0.2, 0.25) is 0 Å². The van der Waals surface area contributed by atoms with E-state index in [0.717, 1.165) is 16.4 Å². The summed E-state index contributed by atoms with van der Waals surface area (Å²) in [5, 5.41) is 3.84. The van der Waals surface area contributed by atoms with Crippen molar-refractivity contribution in [2.24, 2.45) is 4.99 Å². The van der Waals surface area contributed by atoms with Crippen molar-refractivity contribution in [3.63, 3.8) is 0 Å². The lowest BCUT2D eigenvalue weighted by molar-refractivity contribution is 0.287. The fraction of sp³-hybridized carbons (Fsp3) is 0.235. The number of aromatic nitrogens is 2. The second kappa shape index (κ2) is 8.35. The molecule has 0 saturated carbocycles. The third kappa shape index (κ3) is 4.73. The van der Waals surface area contributed by atoms with Crippen LogP contribution in [0.25, 0.3) is 0 Å². The van der Waals surface area contributed by atoms with Crippen LogP contribution < -0.4 is 10.3 Å². The number of ether oxygens (including phenoxy) is 1. The molecule has 7 heteroatoms. The zero-order valence-electron chi connectivity index (χ0n) is 13.7. The zero-order valence-corrected chi connectivity index (χ0v) is 14.5. The van der Waals surface area contributed by atoms with Crippen LogP contribution >= 0.6 is 11.8 Å². The van der Waals surface area contributed by atoms with Crippen LogP contribution in [0.1, 0.15) is 18.4 Å². The van der Waals surface area contributed by atoms with Gasteiger partial charge in [0.15, 0.2) is 0 Å². The van der Waals surface area contributed by atoms with Crippen molar-refractivity contribution < 1.29 is 9.26 Å². The quantitative estimate of drug-likeness (QED) is 0.541. The molecule has 2 heterocycles. The van der Waals surface area contributed by atoms with Crippen molar-refractivity contribution in [3.05, 3.63) is 69.5 Å². The molecule has 0 aliphatic rings. The van der Waals surface area contributed by atoms with E-state index in [9.17, 15) is 4.79 Å². The molecule has 0 radical (unpaired) electrons. The Morgan fingerprint density at radius 2 is 2.33 bits per heavy atom. The molecule has 0 aliphatic carbocycles. The van der Waals surface area contributed by atoms with Crippen LogP contribution in [-0.4, -0.2) is 16.4 Å². The second-order valence-electron chi connectivity index (χ2n) is 4.97. The zero-order chi connectivity index (χ0) is 17.5. The summed E-state index contributed by atoms with van der Waals surface area (Å²) in [5.41, 5.74) is 1.32. The smallest absolute Gasteiger partial charge is 0.254 e. The Labute approximate surface area is 144 Å². The summed E-state index contributed by atoms with van der Waals surface area (Å²) in [6.07, 6.45) is 3.40. The molecule has 0 bridgehead atoms. The topological polar surface area (TPSA) is 69.6 Å². The summed E-state index contributed by atoms with van der Waals surface area (Å²) in [6.45, 7) is 11.2. The Bertz CT molecular complexity index is 820. The summed E-state index contributed by atoms with van der Waals surface area (Å²) >= 11 is 1.47. The standard InChI is InChI=1S/C17H19N3O3S/c1-5-16(13(3)18-4)24-11-20-7-6-15(9-17(20)21)22-10-14-8-12(2)23-19-14/h5-9H,1,4,10-11H2,2-3H3/b16-13-. The molecule has 0 atom stereocenters. The van der Waals surface area contributed by atoms with Crippen molar-refractivity contribution in [2.75, 3.05) is 0 Å². The van der Waals surface area contributed by atoms with E-state index < -0.39 is 0 Å². The highest BCUT2D eigenvalue weighted by Crippen LogP contribution is 2.22. The SMILES string of the molecule is C=C/C(SCn1ccc(OCc2cc(C)on2)cc1=O)=C(\C)N=C. The maximum absolute atomic E-state index is 12.2. The molecule has 0 aromatic carbocycles. The first-order valence-electron chi connectivity index (χ1n) is 7.22. The first-order chi connectivity index (χ1) is 11.5. The first-order valence-corrected chi connectivity index (χ1v) is 8.20. The maximum atomic E-state index is 12.2. The number of aryl methyl sites for hydroxylation is 1. The summed E-state index contributed by atoms with van der Waals surface area (Å²) in [7, 11) is 0. The molecule has 0 spiro atoms. The van der Waals surface area contributed by atoms with Gasteiger partial charge in [-0.05, 0) is 26.6 Å². The Kier molecular flexibility index (Phi) is 6.20. The molecular formula is C17H19N3O3S. The van der Waals surface area contributed by atoms with Crippen molar-refractivity contribution in [3.8, 4) is 5.75 Å². The number of hydrogen-bond acceptors (Lipinski definition) is 6. The molecule has 0 unspecified atom stereocenters. The lowest BCUT2D eigenvalue weighted by Gasteiger charge is -2.09. The van der Waals surface area contributed by atoms with Gasteiger partial charge in [0.05, 0.1) is 11.6 Å². The number of aliphatic imine (C=N–C) groups is 1. The summed E-state index contributed by atoms with van der Waals surface area (Å²) in [6, 6.07) is 4.98. The lowest BCUT2D eigenvalue weighted by Crippen LogP contribution is -2.17. The monoisotopic (exact) mass is 345 g/mol. The van der Waals surface area contributed by atoms with Gasteiger partial charge in [-0.1, -0.05) is 17.8 Å². The molecule has 0 aliphatic heterocycles. The molecule has 24 heavy (non-hydrogen) atoms. The molecule has 6 nitrogen and oxygen atoms in total. The van der Waals surface area contributed by atoms with Gasteiger partial charge in [0.25, 0.3) is 5.56 Å². The largest absolute Gasteiger partial charge is 0.487 e. The van der Waals surface area contributed by atoms with Gasteiger partial charge in [0.2, 0.25) is 0 Å². The molecule has 0 N–H and O–H groups in total. The Morgan fingerprint density at radius 3 is 2.92 bits per heavy atom. The number of thioether (sulfide) groups is 1. The molecule has 0 saturated heterocycles. The molecular weight excluding hydrogens is 326 g/mol. The van der Waals surface area contributed by atoms with E-state index in [2.05, 4.69) is 23.4 Å². The van der Waals surface area contributed by atoms with Crippen LogP contribution in [-0.2, 0) is 12.5 Å². The first kappa shape index (κ1) is 17.8. The predicted octanol–water partition coefficient (Wildman–Crippen LogP) is 3.53. The summed E-state index contributed by atoms with van der Waals surface area (Å²) < 4.78 is 12.1. The fourth-order valence-corrected chi connectivity index (χ4v) is 2.74. The number of pyridine rings is 1. The van der Waals surface area contributed by atoms with E-state index in [1.165, 1.54) is 17.8 Å². The van der Waals surface area contributed by atoms with Crippen LogP contribution in [0, 0.1) is 6.92 Å². The third-order valence-electron chi connectivity index (χ3n) is 3.17. The van der Waals surface area contributed by atoms with Gasteiger partial charge in [-0.15, -0.1) is 11.8 Å². The average molecular weight is 345 g/mol. The molecule has 0 fully saturated rings. The molecule has 2 aromatic rings. The van der Waals surface area contributed by atoms with Gasteiger partial charge in [-0.25, -0.2) is 0 Å². The van der Waals surface area contributed by atoms with E-state index in [0.29, 0.717) is 17.3 Å². The highest BCUT2D eigenvalue weighted by molar-refractivity contribution is 8.02. The van der Waals surface area contributed by atoms with E-state index in [1.54, 1.807) is 29.0 Å². The summed E-state index contributed by atoms with van der Waals surface area (Å²) in [4.78, 5) is 16.9. The Balaban J connectivity index is 2.00. The van der Waals surface area contributed by atoms with E-state index in [-0.39, 0.29) is 12.2 Å². The van der Waals surface area contributed by atoms with Gasteiger partial charge in [-0.3, -0.25) is 9.79 Å². The van der Waals surface area contributed by atoms with Crippen LogP contribution in [0.3, 0.4) is 0 Å². The van der Waals surface area contributed by atoms with Gasteiger partial charge in [-0.2, -0.15) is 0 Å². The molecule has 126 valence electrons. The average Bonchev–Trinajstić information content (AvgIpc) is 3.00. The van der Waals surface area contributed by atoms with Gasteiger partial charge in [0.1, 0.15) is 23.8 Å². The molecule has 0 amide bonds. The lowest BCUT2D eigenvalue weighted by atomic mass is 10.4. The fourth-order valence-electron chi connectivity index (χ4n) is 1.86. The Hall–Kier alpha value is -2.54. The highest BCUT2D eigenvalue weighted by atomic mass is 32.2. The minimum Gasteiger partial charge on any atom is -0.487 e. The van der Waals surface area contributed by atoms with Crippen molar-refractivity contribution in [2.45, 2.75) is 26.3 Å². The molecule has 2 aromatic heterocycles. The van der Waals surface area contributed by atoms with Crippen LogP contribution in [0.5, 0.6) is 5.75 Å². The van der Waals surface area contributed by atoms with Gasteiger partial charge < -0.3 is 13.8 Å². The number of rotatable bonds is 8. The third-order valence-corrected chi connectivity index (χ3v) is 4.35. The minimum atomic E-state index is -0.149. The number of hydrogen-bond donors (Lipinski definition) is 0. The highest BCUT2D eigenvalue weighted by Gasteiger charge is 2.05. The second-order valence-corrected chi connectivity index (χ2v) is 5.96. The van der Waals surface area contributed by atoms with Crippen molar-refractivity contribution >= 4 is 18.5 Å². The van der Waals surface area contributed by atoms with E-state index in [1.807, 2.05) is 13.8 Å². The van der Waals surface area contributed by atoms with Crippen molar-refractivity contribution in [1.82, 2.24) is 9.72 Å². The number of allylic oxidation sites excluding steroid dienone is 2. The van der Waals surface area contributed by atoms with E-state index >= 15 is 0 Å². The van der Waals surface area contributed by atoms with Crippen molar-refractivity contribution in [1.29, 1.82) is 0 Å². The maximum Gasteiger partial charge on any atom is 0.254 e. The predicted molar refractivity (Wildman–Crippen MR) is 96.3 cm³/mol. The number of nitrogens with zero attached hydrogens (tertiary/aromatic N) is 3. The van der Waals surface area contributed by atoms with E-state index in [4.69, 9.17) is 9.26 Å². The minimum absolute atomic E-state index is 0.149. The van der Waals surface area contributed by atoms with Gasteiger partial charge >= 0.3 is 0 Å². The summed E-state index contributed by atoms with van der Waals surface area (Å²) in [5.74, 6) is 1.66. The van der Waals surface area contributed by atoms with Crippen LogP contribution in [0.4, 0.5) is 0 Å². The van der Waals surface area contributed by atoms with Gasteiger partial charge in [0, 0.05) is 23.2 Å².